The van der Waals surface area contributed by atoms with Crippen molar-refractivity contribution in [3.8, 4) is 0 Å². The predicted octanol–water partition coefficient (Wildman–Crippen LogP) is 3.89. The van der Waals surface area contributed by atoms with Crippen LogP contribution < -0.4 is 0 Å². The molecule has 4 heteroatoms. The molecule has 0 fully saturated rings. The maximum atomic E-state index is 11.9. The molecular formula is C17H30O4. The molecule has 0 saturated heterocycles. The first-order valence-electron chi connectivity index (χ1n) is 7.41. The van der Waals surface area contributed by atoms with Crippen LogP contribution in [0.2, 0.25) is 0 Å². The normalized spacial score (nSPS) is 15.0. The molecule has 21 heavy (non-hydrogen) atoms. The molecule has 0 aromatic heterocycles. The summed E-state index contributed by atoms with van der Waals surface area (Å²) in [6.07, 6.45) is 2.08. The highest BCUT2D eigenvalue weighted by molar-refractivity contribution is 5.76. The highest BCUT2D eigenvalue weighted by Crippen LogP contribution is 2.21. The van der Waals surface area contributed by atoms with E-state index >= 15 is 0 Å². The van der Waals surface area contributed by atoms with Gasteiger partial charge in [-0.2, -0.15) is 0 Å². The van der Waals surface area contributed by atoms with Crippen molar-refractivity contribution in [1.82, 2.24) is 0 Å². The Hall–Kier alpha value is -1.32. The minimum atomic E-state index is -0.551. The zero-order chi connectivity index (χ0) is 16.8. The Morgan fingerprint density at radius 1 is 1.00 bits per heavy atom. The van der Waals surface area contributed by atoms with Gasteiger partial charge in [0.05, 0.1) is 10.8 Å². The SMILES string of the molecule is C=CCC(CC(C)OC(=O)C(C)(C)C)OC(=O)C(C)(C)C. The summed E-state index contributed by atoms with van der Waals surface area (Å²) in [4.78, 5) is 23.8. The van der Waals surface area contributed by atoms with Crippen molar-refractivity contribution in [3.63, 3.8) is 0 Å². The molecule has 4 nitrogen and oxygen atoms in total. The summed E-state index contributed by atoms with van der Waals surface area (Å²) in [6.45, 7) is 16.3. The highest BCUT2D eigenvalue weighted by Gasteiger charge is 2.29. The van der Waals surface area contributed by atoms with Gasteiger partial charge < -0.3 is 9.47 Å². The second-order valence-electron chi connectivity index (χ2n) is 7.50. The van der Waals surface area contributed by atoms with E-state index in [-0.39, 0.29) is 24.1 Å². The number of carbonyl (C=O) groups is 2. The van der Waals surface area contributed by atoms with Gasteiger partial charge in [0, 0.05) is 12.8 Å². The van der Waals surface area contributed by atoms with Crippen LogP contribution in [0.15, 0.2) is 12.7 Å². The summed E-state index contributed by atoms with van der Waals surface area (Å²) in [5, 5.41) is 0. The van der Waals surface area contributed by atoms with E-state index in [1.165, 1.54) is 0 Å². The van der Waals surface area contributed by atoms with E-state index in [9.17, 15) is 9.59 Å². The number of hydrogen-bond acceptors (Lipinski definition) is 4. The van der Waals surface area contributed by atoms with Gasteiger partial charge in [-0.05, 0) is 48.5 Å². The zero-order valence-corrected chi connectivity index (χ0v) is 14.5. The fourth-order valence-electron chi connectivity index (χ4n) is 1.48. The average Bonchev–Trinajstić information content (AvgIpc) is 2.26. The number of carbonyl (C=O) groups excluding carboxylic acids is 2. The fraction of sp³-hybridized carbons (Fsp3) is 0.765. The maximum Gasteiger partial charge on any atom is 0.311 e. The second kappa shape index (κ2) is 7.62. The third kappa shape index (κ3) is 7.88. The van der Waals surface area contributed by atoms with Gasteiger partial charge in [-0.25, -0.2) is 0 Å². The van der Waals surface area contributed by atoms with Crippen LogP contribution in [0.1, 0.15) is 61.3 Å². The van der Waals surface area contributed by atoms with E-state index in [1.807, 2.05) is 48.5 Å². The minimum Gasteiger partial charge on any atom is -0.462 e. The van der Waals surface area contributed by atoms with Gasteiger partial charge in [-0.1, -0.05) is 6.08 Å². The van der Waals surface area contributed by atoms with Gasteiger partial charge in [0.15, 0.2) is 0 Å². The molecule has 0 amide bonds. The molecule has 0 N–H and O–H groups in total. The summed E-state index contributed by atoms with van der Waals surface area (Å²) in [5.41, 5.74) is -1.09. The molecule has 0 radical (unpaired) electrons. The van der Waals surface area contributed by atoms with Gasteiger partial charge in [0.2, 0.25) is 0 Å². The lowest BCUT2D eigenvalue weighted by molar-refractivity contribution is -0.164. The van der Waals surface area contributed by atoms with Gasteiger partial charge in [0.1, 0.15) is 12.2 Å². The summed E-state index contributed by atoms with van der Waals surface area (Å²) in [5.74, 6) is -0.516. The predicted molar refractivity (Wildman–Crippen MR) is 83.8 cm³/mol. The minimum absolute atomic E-state index is 0.255. The molecule has 0 aliphatic heterocycles. The van der Waals surface area contributed by atoms with Crippen LogP contribution in [-0.4, -0.2) is 24.1 Å². The molecular weight excluding hydrogens is 268 g/mol. The Morgan fingerprint density at radius 2 is 1.43 bits per heavy atom. The van der Waals surface area contributed by atoms with Crippen LogP contribution in [0.3, 0.4) is 0 Å². The van der Waals surface area contributed by atoms with E-state index in [4.69, 9.17) is 9.47 Å². The van der Waals surface area contributed by atoms with Crippen molar-refractivity contribution in [2.45, 2.75) is 73.5 Å². The van der Waals surface area contributed by atoms with Gasteiger partial charge in [-0.15, -0.1) is 6.58 Å². The number of rotatable bonds is 6. The summed E-state index contributed by atoms with van der Waals surface area (Å²) in [7, 11) is 0. The van der Waals surface area contributed by atoms with Crippen LogP contribution >= 0.6 is 0 Å². The Labute approximate surface area is 128 Å². The molecule has 2 atom stereocenters. The Balaban J connectivity index is 4.60. The Morgan fingerprint density at radius 3 is 1.81 bits per heavy atom. The molecule has 2 unspecified atom stereocenters. The Bertz CT molecular complexity index is 371. The monoisotopic (exact) mass is 298 g/mol. The summed E-state index contributed by atoms with van der Waals surface area (Å²) >= 11 is 0. The largest absolute Gasteiger partial charge is 0.462 e. The van der Waals surface area contributed by atoms with E-state index in [0.717, 1.165) is 0 Å². The summed E-state index contributed by atoms with van der Waals surface area (Å²) < 4.78 is 10.9. The van der Waals surface area contributed by atoms with Crippen LogP contribution in [-0.2, 0) is 19.1 Å². The highest BCUT2D eigenvalue weighted by atomic mass is 16.6. The van der Waals surface area contributed by atoms with Crippen LogP contribution in [0, 0.1) is 10.8 Å². The van der Waals surface area contributed by atoms with Crippen molar-refractivity contribution in [2.24, 2.45) is 10.8 Å². The third-order valence-electron chi connectivity index (χ3n) is 2.83. The van der Waals surface area contributed by atoms with E-state index in [1.54, 1.807) is 6.08 Å². The van der Waals surface area contributed by atoms with Crippen molar-refractivity contribution in [3.05, 3.63) is 12.7 Å². The first-order chi connectivity index (χ1) is 9.37. The van der Waals surface area contributed by atoms with Crippen molar-refractivity contribution in [2.75, 3.05) is 0 Å². The van der Waals surface area contributed by atoms with Gasteiger partial charge in [0.25, 0.3) is 0 Å². The molecule has 0 saturated carbocycles. The molecule has 0 aromatic rings. The fourth-order valence-corrected chi connectivity index (χ4v) is 1.48. The third-order valence-corrected chi connectivity index (χ3v) is 2.83. The molecule has 0 aromatic carbocycles. The van der Waals surface area contributed by atoms with Crippen molar-refractivity contribution < 1.29 is 19.1 Å². The van der Waals surface area contributed by atoms with E-state index in [0.29, 0.717) is 12.8 Å². The average molecular weight is 298 g/mol. The quantitative estimate of drug-likeness (QED) is 0.551. The van der Waals surface area contributed by atoms with Crippen LogP contribution in [0.4, 0.5) is 0 Å². The molecule has 0 heterocycles. The Kier molecular flexibility index (Phi) is 7.14. The van der Waals surface area contributed by atoms with Crippen molar-refractivity contribution >= 4 is 11.9 Å². The molecule has 122 valence electrons. The lowest BCUT2D eigenvalue weighted by Gasteiger charge is -2.26. The van der Waals surface area contributed by atoms with Crippen molar-refractivity contribution in [1.29, 1.82) is 0 Å². The smallest absolute Gasteiger partial charge is 0.311 e. The first-order valence-corrected chi connectivity index (χ1v) is 7.41. The molecule has 0 rings (SSSR count). The summed E-state index contributed by atoms with van der Waals surface area (Å²) in [6, 6.07) is 0. The number of ether oxygens (including phenoxy) is 2. The number of esters is 2. The van der Waals surface area contributed by atoms with Gasteiger partial charge >= 0.3 is 11.9 Å². The molecule has 0 aliphatic rings. The number of hydrogen-bond donors (Lipinski definition) is 0. The zero-order valence-electron chi connectivity index (χ0n) is 14.5. The second-order valence-corrected chi connectivity index (χ2v) is 7.50. The standard InChI is InChI=1S/C17H30O4/c1-9-10-13(21-15(19)17(6,7)8)11-12(2)20-14(18)16(3,4)5/h9,12-13H,1,10-11H2,2-8H3. The maximum absolute atomic E-state index is 11.9. The molecule has 0 bridgehead atoms. The molecule has 0 spiro atoms. The van der Waals surface area contributed by atoms with E-state index in [2.05, 4.69) is 6.58 Å². The lowest BCUT2D eigenvalue weighted by Crippen LogP contribution is -2.32. The van der Waals surface area contributed by atoms with Crippen LogP contribution in [0.5, 0.6) is 0 Å². The van der Waals surface area contributed by atoms with E-state index < -0.39 is 10.8 Å². The van der Waals surface area contributed by atoms with Gasteiger partial charge in [-0.3, -0.25) is 9.59 Å². The molecule has 0 aliphatic carbocycles. The first kappa shape index (κ1) is 19.7. The lowest BCUT2D eigenvalue weighted by atomic mass is 9.96. The van der Waals surface area contributed by atoms with Crippen LogP contribution in [0.25, 0.3) is 0 Å². The topological polar surface area (TPSA) is 52.6 Å².